The number of carbonyl (C=O) groups is 2. The summed E-state index contributed by atoms with van der Waals surface area (Å²) in [5.74, 6) is -0.360. The Morgan fingerprint density at radius 2 is 1.93 bits per heavy atom. The topological polar surface area (TPSA) is 72.0 Å². The number of carbonyl (C=O) groups excluding carboxylic acids is 2. The summed E-state index contributed by atoms with van der Waals surface area (Å²) >= 11 is 1.52. The highest BCUT2D eigenvalue weighted by Crippen LogP contribution is 2.30. The monoisotopic (exact) mass is 397 g/mol. The Morgan fingerprint density at radius 3 is 2.48 bits per heavy atom. The summed E-state index contributed by atoms with van der Waals surface area (Å²) in [5.41, 5.74) is -0.186. The maximum absolute atomic E-state index is 13.0. The zero-order valence-electron chi connectivity index (χ0n) is 17.4. The van der Waals surface area contributed by atoms with Crippen LogP contribution >= 0.6 is 11.3 Å². The van der Waals surface area contributed by atoms with Crippen LogP contribution in [-0.4, -0.2) is 58.6 Å². The largest absolute Gasteiger partial charge is 0.458 e. The molecule has 1 aliphatic heterocycles. The van der Waals surface area contributed by atoms with Crippen molar-refractivity contribution in [1.82, 2.24) is 14.8 Å². The van der Waals surface area contributed by atoms with Crippen molar-refractivity contribution in [3.8, 4) is 0 Å². The SMILES string of the molecule is COCc1nc(CN2CCN([C@H](C(=O)OC(C)(C)C)C(C)(C)C)C2=O)cs1. The average molecular weight is 398 g/mol. The van der Waals surface area contributed by atoms with Crippen molar-refractivity contribution in [3.05, 3.63) is 16.1 Å². The predicted molar refractivity (Wildman–Crippen MR) is 104 cm³/mol. The van der Waals surface area contributed by atoms with E-state index in [1.165, 1.54) is 11.3 Å². The zero-order valence-corrected chi connectivity index (χ0v) is 18.2. The van der Waals surface area contributed by atoms with E-state index in [9.17, 15) is 9.59 Å². The molecule has 8 heteroatoms. The van der Waals surface area contributed by atoms with Gasteiger partial charge in [0, 0.05) is 25.6 Å². The molecule has 1 aromatic heterocycles. The normalized spacial score (nSPS) is 16.8. The van der Waals surface area contributed by atoms with Crippen LogP contribution in [0.4, 0.5) is 4.79 Å². The smallest absolute Gasteiger partial charge is 0.329 e. The second-order valence-electron chi connectivity index (χ2n) is 8.87. The maximum atomic E-state index is 13.0. The van der Waals surface area contributed by atoms with Gasteiger partial charge >= 0.3 is 12.0 Å². The maximum Gasteiger partial charge on any atom is 0.329 e. The molecule has 0 aliphatic carbocycles. The number of thiazole rings is 1. The number of aromatic nitrogens is 1. The number of hydrogen-bond donors (Lipinski definition) is 0. The van der Waals surface area contributed by atoms with E-state index in [1.807, 2.05) is 46.9 Å². The number of rotatable bonds is 6. The summed E-state index contributed by atoms with van der Waals surface area (Å²) in [4.78, 5) is 33.7. The molecule has 0 spiro atoms. The van der Waals surface area contributed by atoms with Gasteiger partial charge in [-0.3, -0.25) is 0 Å². The molecule has 1 fully saturated rings. The van der Waals surface area contributed by atoms with E-state index in [-0.39, 0.29) is 12.0 Å². The van der Waals surface area contributed by atoms with Crippen molar-refractivity contribution < 1.29 is 19.1 Å². The number of esters is 1. The third-order valence-electron chi connectivity index (χ3n) is 4.11. The standard InChI is InChI=1S/C19H31N3O4S/c1-18(2,3)15(16(23)26-19(4,5)6)22-9-8-21(17(22)24)10-13-12-27-14(20-13)11-25-7/h12,15H,8-11H2,1-7H3/t15-/m1/s1. The Bertz CT molecular complexity index is 675. The average Bonchev–Trinajstić information content (AvgIpc) is 3.06. The molecule has 2 amide bonds. The molecular weight excluding hydrogens is 366 g/mol. The molecule has 1 aromatic rings. The van der Waals surface area contributed by atoms with Gasteiger partial charge in [-0.25, -0.2) is 14.6 Å². The Balaban J connectivity index is 2.12. The van der Waals surface area contributed by atoms with Crippen LogP contribution in [0.25, 0.3) is 0 Å². The second kappa shape index (κ2) is 8.14. The fourth-order valence-electron chi connectivity index (χ4n) is 3.10. The molecule has 0 saturated carbocycles. The summed E-state index contributed by atoms with van der Waals surface area (Å²) in [6.45, 7) is 13.3. The van der Waals surface area contributed by atoms with Crippen molar-refractivity contribution in [2.24, 2.45) is 5.41 Å². The second-order valence-corrected chi connectivity index (χ2v) is 9.81. The van der Waals surface area contributed by atoms with Crippen LogP contribution in [0.15, 0.2) is 5.38 Å². The Hall–Kier alpha value is -1.67. The molecule has 2 rings (SSSR count). The number of hydrogen-bond acceptors (Lipinski definition) is 6. The summed E-state index contributed by atoms with van der Waals surface area (Å²) < 4.78 is 10.7. The zero-order chi connectivity index (χ0) is 20.4. The highest BCUT2D eigenvalue weighted by atomic mass is 32.1. The first kappa shape index (κ1) is 21.6. The molecule has 7 nitrogen and oxygen atoms in total. The summed E-state index contributed by atoms with van der Waals surface area (Å²) in [5, 5.41) is 2.83. The highest BCUT2D eigenvalue weighted by Gasteiger charge is 2.45. The lowest BCUT2D eigenvalue weighted by molar-refractivity contribution is -0.164. The minimum Gasteiger partial charge on any atom is -0.458 e. The van der Waals surface area contributed by atoms with Gasteiger partial charge in [-0.05, 0) is 26.2 Å². The van der Waals surface area contributed by atoms with Gasteiger partial charge in [0.2, 0.25) is 0 Å². The molecule has 0 unspecified atom stereocenters. The predicted octanol–water partition coefficient (Wildman–Crippen LogP) is 3.28. The lowest BCUT2D eigenvalue weighted by Crippen LogP contribution is -2.52. The molecule has 27 heavy (non-hydrogen) atoms. The van der Waals surface area contributed by atoms with E-state index in [1.54, 1.807) is 16.9 Å². The van der Waals surface area contributed by atoms with Gasteiger partial charge in [0.05, 0.1) is 18.8 Å². The number of ether oxygens (including phenoxy) is 2. The molecule has 1 atom stereocenters. The van der Waals surface area contributed by atoms with E-state index in [0.717, 1.165) is 10.7 Å². The molecule has 1 aliphatic rings. The first-order valence-corrected chi connectivity index (χ1v) is 10.0. The van der Waals surface area contributed by atoms with Crippen LogP contribution in [0.2, 0.25) is 0 Å². The fourth-order valence-corrected chi connectivity index (χ4v) is 3.86. The van der Waals surface area contributed by atoms with Gasteiger partial charge < -0.3 is 19.3 Å². The third-order valence-corrected chi connectivity index (χ3v) is 4.98. The van der Waals surface area contributed by atoms with Crippen LogP contribution in [0.1, 0.15) is 52.2 Å². The quantitative estimate of drug-likeness (QED) is 0.689. The van der Waals surface area contributed by atoms with E-state index in [2.05, 4.69) is 4.98 Å². The van der Waals surface area contributed by atoms with Gasteiger partial charge in [0.15, 0.2) is 0 Å². The first-order chi connectivity index (χ1) is 12.4. The Morgan fingerprint density at radius 1 is 1.26 bits per heavy atom. The van der Waals surface area contributed by atoms with Gasteiger partial charge in [-0.2, -0.15) is 0 Å². The minimum absolute atomic E-state index is 0.151. The van der Waals surface area contributed by atoms with E-state index < -0.39 is 17.1 Å². The Kier molecular flexibility index (Phi) is 6.52. The molecule has 2 heterocycles. The molecule has 1 saturated heterocycles. The Labute approximate surface area is 165 Å². The third kappa shape index (κ3) is 5.65. The van der Waals surface area contributed by atoms with Crippen LogP contribution in [0.5, 0.6) is 0 Å². The molecule has 0 radical (unpaired) electrons. The minimum atomic E-state index is -0.631. The fraction of sp³-hybridized carbons (Fsp3) is 0.737. The van der Waals surface area contributed by atoms with Gasteiger partial charge in [0.25, 0.3) is 0 Å². The van der Waals surface area contributed by atoms with Crippen LogP contribution in [-0.2, 0) is 27.4 Å². The van der Waals surface area contributed by atoms with Crippen LogP contribution in [0, 0.1) is 5.41 Å². The summed E-state index contributed by atoms with van der Waals surface area (Å²) in [7, 11) is 1.63. The molecule has 152 valence electrons. The number of amides is 2. The van der Waals surface area contributed by atoms with Crippen molar-refractivity contribution >= 4 is 23.3 Å². The summed E-state index contributed by atoms with van der Waals surface area (Å²) in [6.07, 6.45) is 0. The van der Waals surface area contributed by atoms with E-state index >= 15 is 0 Å². The van der Waals surface area contributed by atoms with Crippen LogP contribution < -0.4 is 0 Å². The lowest BCUT2D eigenvalue weighted by atomic mass is 9.85. The van der Waals surface area contributed by atoms with Crippen molar-refractivity contribution in [1.29, 1.82) is 0 Å². The highest BCUT2D eigenvalue weighted by molar-refractivity contribution is 7.09. The molecule has 0 bridgehead atoms. The first-order valence-electron chi connectivity index (χ1n) is 9.13. The molecule has 0 aromatic carbocycles. The number of methoxy groups -OCH3 is 1. The van der Waals surface area contributed by atoms with Gasteiger partial charge in [-0.15, -0.1) is 11.3 Å². The van der Waals surface area contributed by atoms with Gasteiger partial charge in [0.1, 0.15) is 16.7 Å². The van der Waals surface area contributed by atoms with E-state index in [4.69, 9.17) is 9.47 Å². The molecular formula is C19H31N3O4S. The summed E-state index contributed by atoms with van der Waals surface area (Å²) in [6, 6.07) is -0.782. The molecule has 0 N–H and O–H groups in total. The number of urea groups is 1. The van der Waals surface area contributed by atoms with E-state index in [0.29, 0.717) is 26.2 Å². The van der Waals surface area contributed by atoms with Crippen LogP contribution in [0.3, 0.4) is 0 Å². The lowest BCUT2D eigenvalue weighted by Gasteiger charge is -2.37. The van der Waals surface area contributed by atoms with Crippen molar-refractivity contribution in [3.63, 3.8) is 0 Å². The van der Waals surface area contributed by atoms with Crippen molar-refractivity contribution in [2.45, 2.75) is 66.3 Å². The van der Waals surface area contributed by atoms with Crippen molar-refractivity contribution in [2.75, 3.05) is 20.2 Å². The number of nitrogens with zero attached hydrogens (tertiary/aromatic N) is 3. The van der Waals surface area contributed by atoms with Gasteiger partial charge in [-0.1, -0.05) is 20.8 Å².